The van der Waals surface area contributed by atoms with Gasteiger partial charge in [0.15, 0.2) is 5.58 Å². The lowest BCUT2D eigenvalue weighted by molar-refractivity contribution is 0.623. The van der Waals surface area contributed by atoms with Gasteiger partial charge in [-0.3, -0.25) is 14.6 Å². The maximum absolute atomic E-state index is 11.8. The topological polar surface area (TPSA) is 97.1 Å². The van der Waals surface area contributed by atoms with Gasteiger partial charge >= 0.3 is 0 Å². The first-order valence-corrected chi connectivity index (χ1v) is 7.80. The van der Waals surface area contributed by atoms with E-state index in [1.165, 1.54) is 0 Å². The van der Waals surface area contributed by atoms with E-state index in [-0.39, 0.29) is 17.4 Å². The average molecular weight is 355 g/mol. The van der Waals surface area contributed by atoms with E-state index < -0.39 is 10.9 Å². The summed E-state index contributed by atoms with van der Waals surface area (Å²) in [6, 6.07) is 10.6. The summed E-state index contributed by atoms with van der Waals surface area (Å²) in [5, 5.41) is 6.21. The molecule has 4 rings (SSSR count). The van der Waals surface area contributed by atoms with Crippen molar-refractivity contribution in [2.24, 2.45) is 0 Å². The Morgan fingerprint density at radius 2 is 1.92 bits per heavy atom. The Labute approximate surface area is 146 Å². The molecule has 0 aliphatic carbocycles. The lowest BCUT2D eigenvalue weighted by atomic mass is 10.2. The normalized spacial score (nSPS) is 11.1. The number of halogens is 1. The molecule has 8 heteroatoms. The van der Waals surface area contributed by atoms with Crippen LogP contribution < -0.4 is 21.5 Å². The molecule has 25 heavy (non-hydrogen) atoms. The Morgan fingerprint density at radius 1 is 1.08 bits per heavy atom. The van der Waals surface area contributed by atoms with Crippen LogP contribution in [0.2, 0.25) is 5.02 Å². The minimum atomic E-state index is -0.621. The highest BCUT2D eigenvalue weighted by Crippen LogP contribution is 2.26. The van der Waals surface area contributed by atoms with Crippen molar-refractivity contribution >= 4 is 40.1 Å². The van der Waals surface area contributed by atoms with Gasteiger partial charge < -0.3 is 15.1 Å². The van der Waals surface area contributed by atoms with Crippen molar-refractivity contribution in [3.63, 3.8) is 0 Å². The lowest BCUT2D eigenvalue weighted by Crippen LogP contribution is -2.36. The fraction of sp³-hybridized carbons (Fsp3) is 0.0588. The molecule has 0 unspecified atom stereocenters. The van der Waals surface area contributed by atoms with E-state index in [0.29, 0.717) is 22.7 Å². The third-order valence-corrected chi connectivity index (χ3v) is 3.90. The Hall–Kier alpha value is -3.19. The predicted octanol–water partition coefficient (Wildman–Crippen LogP) is 2.83. The number of nitrogens with one attached hydrogen (secondary N) is 2. The van der Waals surface area contributed by atoms with Crippen LogP contribution in [-0.2, 0) is 6.54 Å². The van der Waals surface area contributed by atoms with E-state index >= 15 is 0 Å². The Kier molecular flexibility index (Phi) is 3.70. The summed E-state index contributed by atoms with van der Waals surface area (Å²) in [5.74, 6) is 0. The van der Waals surface area contributed by atoms with E-state index in [1.807, 2.05) is 12.1 Å². The lowest BCUT2D eigenvalue weighted by Gasteiger charge is -2.12. The monoisotopic (exact) mass is 354 g/mol. The number of anilines is 3. The van der Waals surface area contributed by atoms with Gasteiger partial charge in [-0.2, -0.15) is 4.98 Å². The van der Waals surface area contributed by atoms with E-state index in [2.05, 4.69) is 20.6 Å². The molecule has 0 amide bonds. The van der Waals surface area contributed by atoms with E-state index in [0.717, 1.165) is 5.69 Å². The largest absolute Gasteiger partial charge is 0.423 e. The van der Waals surface area contributed by atoms with Gasteiger partial charge in [-0.15, -0.1) is 0 Å². The van der Waals surface area contributed by atoms with Gasteiger partial charge in [0.25, 0.3) is 16.9 Å². The zero-order valence-corrected chi connectivity index (χ0v) is 13.5. The van der Waals surface area contributed by atoms with Gasteiger partial charge in [0.2, 0.25) is 0 Å². The van der Waals surface area contributed by atoms with Crippen LogP contribution in [0, 0.1) is 0 Å². The first-order chi connectivity index (χ1) is 12.1. The fourth-order valence-electron chi connectivity index (χ4n) is 2.42. The molecule has 2 aromatic carbocycles. The van der Waals surface area contributed by atoms with Gasteiger partial charge in [0.1, 0.15) is 16.9 Å². The number of oxazole rings is 1. The second kappa shape index (κ2) is 6.03. The van der Waals surface area contributed by atoms with Crippen molar-refractivity contribution < 1.29 is 4.42 Å². The van der Waals surface area contributed by atoms with Crippen LogP contribution in [0.4, 0.5) is 17.4 Å². The molecule has 0 aliphatic heterocycles. The molecule has 0 saturated carbocycles. The van der Waals surface area contributed by atoms with Crippen molar-refractivity contribution in [3.05, 3.63) is 73.8 Å². The quantitative estimate of drug-likeness (QED) is 0.532. The average Bonchev–Trinajstić information content (AvgIpc) is 3.03. The number of hydrogen-bond acceptors (Lipinski definition) is 7. The molecule has 0 atom stereocenters. The number of hydrogen-bond donors (Lipinski definition) is 2. The molecule has 2 heterocycles. The standard InChI is InChI=1S/C17H11ClN4O3/c18-9-4-5-12-11(7-9)21-17(25-12)22-14-13(15(23)16(14)24)20-8-10-3-1-2-6-19-10/h1-7,20H,8H2,(H,21,22). The smallest absolute Gasteiger partial charge is 0.300 e. The van der Waals surface area contributed by atoms with Crippen molar-refractivity contribution in [2.75, 3.05) is 10.6 Å². The first-order valence-electron chi connectivity index (χ1n) is 7.42. The molecule has 0 aliphatic rings. The summed E-state index contributed by atoms with van der Waals surface area (Å²) in [5.41, 5.74) is 0.930. The molecule has 0 spiro atoms. The molecule has 2 aromatic heterocycles. The summed E-state index contributed by atoms with van der Waals surface area (Å²) < 4.78 is 5.51. The maximum Gasteiger partial charge on any atom is 0.300 e. The second-order valence-electron chi connectivity index (χ2n) is 5.34. The van der Waals surface area contributed by atoms with E-state index in [9.17, 15) is 9.59 Å². The molecule has 0 bridgehead atoms. The van der Waals surface area contributed by atoms with Crippen molar-refractivity contribution in [2.45, 2.75) is 6.54 Å². The van der Waals surface area contributed by atoms with Crippen LogP contribution in [-0.4, -0.2) is 9.97 Å². The van der Waals surface area contributed by atoms with Gasteiger partial charge in [-0.05, 0) is 30.3 Å². The van der Waals surface area contributed by atoms with Crippen LogP contribution in [0.3, 0.4) is 0 Å². The van der Waals surface area contributed by atoms with Gasteiger partial charge in [-0.1, -0.05) is 17.7 Å². The molecular formula is C17H11ClN4O3. The first kappa shape index (κ1) is 15.3. The fourth-order valence-corrected chi connectivity index (χ4v) is 2.59. The highest BCUT2D eigenvalue weighted by molar-refractivity contribution is 6.31. The summed E-state index contributed by atoms with van der Waals surface area (Å²) in [6.45, 7) is 0.323. The molecule has 0 radical (unpaired) electrons. The van der Waals surface area contributed by atoms with Crippen LogP contribution in [0.25, 0.3) is 11.1 Å². The van der Waals surface area contributed by atoms with Gasteiger partial charge in [0, 0.05) is 11.2 Å². The third-order valence-electron chi connectivity index (χ3n) is 3.66. The highest BCUT2D eigenvalue weighted by atomic mass is 35.5. The van der Waals surface area contributed by atoms with Crippen molar-refractivity contribution in [1.82, 2.24) is 9.97 Å². The Balaban J connectivity index is 1.57. The molecule has 2 N–H and O–H groups in total. The molecular weight excluding hydrogens is 344 g/mol. The van der Waals surface area contributed by atoms with Crippen molar-refractivity contribution in [3.8, 4) is 0 Å². The zero-order chi connectivity index (χ0) is 17.4. The minimum Gasteiger partial charge on any atom is -0.423 e. The second-order valence-corrected chi connectivity index (χ2v) is 5.78. The molecule has 7 nitrogen and oxygen atoms in total. The summed E-state index contributed by atoms with van der Waals surface area (Å²) in [7, 11) is 0. The van der Waals surface area contributed by atoms with E-state index in [1.54, 1.807) is 30.5 Å². The number of fused-ring (bicyclic) bond motifs is 1. The number of benzene rings is 1. The Morgan fingerprint density at radius 3 is 2.72 bits per heavy atom. The zero-order valence-electron chi connectivity index (χ0n) is 12.7. The van der Waals surface area contributed by atoms with Crippen molar-refractivity contribution in [1.29, 1.82) is 0 Å². The summed E-state index contributed by atoms with van der Waals surface area (Å²) in [6.07, 6.45) is 1.65. The SMILES string of the molecule is O=c1c(NCc2ccccn2)c(Nc2nc3cc(Cl)ccc3o2)c1=O. The third kappa shape index (κ3) is 2.85. The van der Waals surface area contributed by atoms with Crippen LogP contribution in [0.15, 0.2) is 56.6 Å². The number of rotatable bonds is 5. The summed E-state index contributed by atoms with van der Waals surface area (Å²) >= 11 is 5.91. The Bertz CT molecular complexity index is 1130. The molecule has 4 aromatic rings. The number of aromatic nitrogens is 2. The molecule has 124 valence electrons. The van der Waals surface area contributed by atoms with Crippen LogP contribution in [0.1, 0.15) is 5.69 Å². The number of pyridine rings is 1. The minimum absolute atomic E-state index is 0.116. The highest BCUT2D eigenvalue weighted by Gasteiger charge is 2.22. The predicted molar refractivity (Wildman–Crippen MR) is 95.2 cm³/mol. The molecule has 0 saturated heterocycles. The van der Waals surface area contributed by atoms with E-state index in [4.69, 9.17) is 16.0 Å². The molecule has 0 fully saturated rings. The summed E-state index contributed by atoms with van der Waals surface area (Å²) in [4.78, 5) is 32.0. The van der Waals surface area contributed by atoms with Crippen LogP contribution in [0.5, 0.6) is 0 Å². The van der Waals surface area contributed by atoms with Crippen LogP contribution >= 0.6 is 11.6 Å². The maximum atomic E-state index is 11.8. The number of nitrogens with zero attached hydrogens (tertiary/aromatic N) is 2. The van der Waals surface area contributed by atoms with Gasteiger partial charge in [0.05, 0.1) is 12.2 Å². The van der Waals surface area contributed by atoms with Gasteiger partial charge in [-0.25, -0.2) is 0 Å².